The third-order valence-corrected chi connectivity index (χ3v) is 6.59. The van der Waals surface area contributed by atoms with Gasteiger partial charge in [-0.3, -0.25) is 4.79 Å². The van der Waals surface area contributed by atoms with Crippen molar-refractivity contribution in [2.75, 3.05) is 13.2 Å². The Labute approximate surface area is 203 Å². The van der Waals surface area contributed by atoms with Crippen LogP contribution in [-0.2, 0) is 19.1 Å². The van der Waals surface area contributed by atoms with Gasteiger partial charge in [-0.1, -0.05) is 83.6 Å². The highest BCUT2D eigenvalue weighted by Crippen LogP contribution is 2.33. The summed E-state index contributed by atoms with van der Waals surface area (Å²) in [5.74, 6) is -0.194. The van der Waals surface area contributed by atoms with E-state index in [9.17, 15) is 9.59 Å². The van der Waals surface area contributed by atoms with E-state index < -0.39 is 6.10 Å². The predicted octanol–water partition coefficient (Wildman–Crippen LogP) is 7.75. The van der Waals surface area contributed by atoms with Crippen molar-refractivity contribution in [1.29, 1.82) is 0 Å². The molecule has 0 spiro atoms. The molecule has 0 aromatic carbocycles. The molecule has 0 saturated heterocycles. The first-order chi connectivity index (χ1) is 16.1. The molecule has 0 N–H and O–H groups in total. The van der Waals surface area contributed by atoms with E-state index >= 15 is 0 Å². The molecule has 0 aliphatic heterocycles. The fraction of sp³-hybridized carbons (Fsp3) is 0.793. The van der Waals surface area contributed by atoms with Crippen molar-refractivity contribution < 1.29 is 19.1 Å². The van der Waals surface area contributed by atoms with Gasteiger partial charge in [0, 0.05) is 24.9 Å². The van der Waals surface area contributed by atoms with Gasteiger partial charge in [0.25, 0.3) is 0 Å². The van der Waals surface area contributed by atoms with Gasteiger partial charge in [0.05, 0.1) is 6.61 Å². The van der Waals surface area contributed by atoms with Crippen LogP contribution >= 0.6 is 0 Å². The van der Waals surface area contributed by atoms with Crippen LogP contribution in [0.5, 0.6) is 0 Å². The zero-order valence-electron chi connectivity index (χ0n) is 21.7. The molecule has 1 aliphatic carbocycles. The zero-order valence-corrected chi connectivity index (χ0v) is 21.7. The molecule has 3 unspecified atom stereocenters. The van der Waals surface area contributed by atoms with Gasteiger partial charge in [0.15, 0.2) is 6.10 Å². The standard InChI is InChI=1S/C29H50O4/c1-4-6-7-8-9-10-11-12-13-14-15-16-17-18-19-20-24-32-28(29(31)33-23-5-2)26-21-22-27(30)25(26)3/h9-10,12-13,25-26,28H,4-8,11,14-24H2,1-3H3/b10-9-,13-12-. The Morgan fingerprint density at radius 1 is 0.879 bits per heavy atom. The molecule has 1 fully saturated rings. The molecule has 0 bridgehead atoms. The Morgan fingerprint density at radius 2 is 1.52 bits per heavy atom. The van der Waals surface area contributed by atoms with Crippen LogP contribution in [0.25, 0.3) is 0 Å². The van der Waals surface area contributed by atoms with Crippen molar-refractivity contribution in [3.05, 3.63) is 24.3 Å². The molecule has 33 heavy (non-hydrogen) atoms. The molecule has 4 heteroatoms. The second kappa shape index (κ2) is 20.0. The maximum Gasteiger partial charge on any atom is 0.335 e. The third kappa shape index (κ3) is 13.8. The van der Waals surface area contributed by atoms with Crippen LogP contribution in [0.4, 0.5) is 0 Å². The summed E-state index contributed by atoms with van der Waals surface area (Å²) in [5.41, 5.74) is 0. The lowest BCUT2D eigenvalue weighted by molar-refractivity contribution is -0.162. The van der Waals surface area contributed by atoms with Crippen LogP contribution in [0.1, 0.15) is 117 Å². The summed E-state index contributed by atoms with van der Waals surface area (Å²) in [4.78, 5) is 24.4. The van der Waals surface area contributed by atoms with E-state index in [4.69, 9.17) is 9.47 Å². The van der Waals surface area contributed by atoms with Crippen LogP contribution in [0.3, 0.4) is 0 Å². The molecule has 1 aliphatic rings. The molecule has 0 aromatic heterocycles. The van der Waals surface area contributed by atoms with Crippen molar-refractivity contribution in [3.63, 3.8) is 0 Å². The van der Waals surface area contributed by atoms with Gasteiger partial charge in [0.2, 0.25) is 0 Å². The first kappa shape index (κ1) is 29.6. The highest BCUT2D eigenvalue weighted by Gasteiger charge is 2.41. The minimum absolute atomic E-state index is 0.0357. The minimum Gasteiger partial charge on any atom is -0.464 e. The molecule has 0 amide bonds. The summed E-state index contributed by atoms with van der Waals surface area (Å²) in [6.45, 7) is 7.13. The molecule has 0 aromatic rings. The van der Waals surface area contributed by atoms with Crippen LogP contribution in [-0.4, -0.2) is 31.1 Å². The summed E-state index contributed by atoms with van der Waals surface area (Å²) in [6.07, 6.45) is 25.1. The van der Waals surface area contributed by atoms with Gasteiger partial charge in [0.1, 0.15) is 5.78 Å². The number of carbonyl (C=O) groups is 2. The van der Waals surface area contributed by atoms with Crippen molar-refractivity contribution in [2.24, 2.45) is 11.8 Å². The number of unbranched alkanes of at least 4 members (excludes halogenated alkanes) is 9. The number of esters is 1. The maximum atomic E-state index is 12.5. The van der Waals surface area contributed by atoms with Gasteiger partial charge in [-0.15, -0.1) is 0 Å². The van der Waals surface area contributed by atoms with E-state index in [1.54, 1.807) is 0 Å². The Kier molecular flexibility index (Phi) is 17.9. The molecular formula is C29H50O4. The number of ketones is 1. The van der Waals surface area contributed by atoms with Crippen molar-refractivity contribution in [2.45, 2.75) is 123 Å². The number of hydrogen-bond donors (Lipinski definition) is 0. The monoisotopic (exact) mass is 462 g/mol. The Hall–Kier alpha value is -1.42. The smallest absolute Gasteiger partial charge is 0.335 e. The first-order valence-corrected chi connectivity index (χ1v) is 13.7. The van der Waals surface area contributed by atoms with Gasteiger partial charge in [-0.05, 0) is 51.4 Å². The average Bonchev–Trinajstić information content (AvgIpc) is 3.14. The zero-order chi connectivity index (χ0) is 24.2. The molecule has 3 atom stereocenters. The molecular weight excluding hydrogens is 412 g/mol. The topological polar surface area (TPSA) is 52.6 Å². The molecule has 0 radical (unpaired) electrons. The Bertz CT molecular complexity index is 566. The summed E-state index contributed by atoms with van der Waals surface area (Å²) in [5, 5.41) is 0. The van der Waals surface area contributed by atoms with E-state index in [0.717, 1.165) is 32.1 Å². The normalized spacial score (nSPS) is 19.7. The number of allylic oxidation sites excluding steroid dienone is 4. The lowest BCUT2D eigenvalue weighted by atomic mass is 9.91. The number of carbonyl (C=O) groups excluding carboxylic acids is 2. The second-order valence-corrected chi connectivity index (χ2v) is 9.50. The lowest BCUT2D eigenvalue weighted by Crippen LogP contribution is -2.36. The van der Waals surface area contributed by atoms with E-state index in [0.29, 0.717) is 19.6 Å². The quantitative estimate of drug-likeness (QED) is 0.105. The Balaban J connectivity index is 2.08. The van der Waals surface area contributed by atoms with E-state index in [-0.39, 0.29) is 23.6 Å². The van der Waals surface area contributed by atoms with Crippen molar-refractivity contribution in [1.82, 2.24) is 0 Å². The minimum atomic E-state index is -0.587. The average molecular weight is 463 g/mol. The Morgan fingerprint density at radius 3 is 2.12 bits per heavy atom. The highest BCUT2D eigenvalue weighted by atomic mass is 16.6. The number of ether oxygens (including phenoxy) is 2. The first-order valence-electron chi connectivity index (χ1n) is 13.7. The molecule has 0 heterocycles. The van der Waals surface area contributed by atoms with Crippen molar-refractivity contribution >= 4 is 11.8 Å². The van der Waals surface area contributed by atoms with Gasteiger partial charge < -0.3 is 9.47 Å². The fourth-order valence-corrected chi connectivity index (χ4v) is 4.39. The lowest BCUT2D eigenvalue weighted by Gasteiger charge is -2.24. The summed E-state index contributed by atoms with van der Waals surface area (Å²) >= 11 is 0. The van der Waals surface area contributed by atoms with Crippen LogP contribution < -0.4 is 0 Å². The fourth-order valence-electron chi connectivity index (χ4n) is 4.39. The number of rotatable bonds is 20. The summed E-state index contributed by atoms with van der Waals surface area (Å²) < 4.78 is 11.3. The predicted molar refractivity (Wildman–Crippen MR) is 137 cm³/mol. The number of hydrogen-bond acceptors (Lipinski definition) is 4. The molecule has 190 valence electrons. The SMILES string of the molecule is CCCCC/C=C\C/C=C\CCCCCCCCOC(C(=O)OCCC)C1CCC(=O)C1C. The van der Waals surface area contributed by atoms with E-state index in [1.807, 2.05) is 13.8 Å². The molecule has 1 rings (SSSR count). The summed E-state index contributed by atoms with van der Waals surface area (Å²) in [6, 6.07) is 0. The highest BCUT2D eigenvalue weighted by molar-refractivity contribution is 5.85. The number of Topliss-reactive ketones (excluding diaryl/α,β-unsaturated/α-hetero) is 1. The van der Waals surface area contributed by atoms with Crippen LogP contribution in [0.2, 0.25) is 0 Å². The largest absolute Gasteiger partial charge is 0.464 e. The second-order valence-electron chi connectivity index (χ2n) is 9.50. The van der Waals surface area contributed by atoms with Gasteiger partial charge >= 0.3 is 5.97 Å². The van der Waals surface area contributed by atoms with Gasteiger partial charge in [-0.2, -0.15) is 0 Å². The van der Waals surface area contributed by atoms with E-state index in [2.05, 4.69) is 31.2 Å². The third-order valence-electron chi connectivity index (χ3n) is 6.59. The van der Waals surface area contributed by atoms with Crippen LogP contribution in [0, 0.1) is 11.8 Å². The van der Waals surface area contributed by atoms with E-state index in [1.165, 1.54) is 57.8 Å². The van der Waals surface area contributed by atoms with Gasteiger partial charge in [-0.25, -0.2) is 4.79 Å². The summed E-state index contributed by atoms with van der Waals surface area (Å²) in [7, 11) is 0. The van der Waals surface area contributed by atoms with Crippen LogP contribution in [0.15, 0.2) is 24.3 Å². The maximum absolute atomic E-state index is 12.5. The molecule has 1 saturated carbocycles. The van der Waals surface area contributed by atoms with Crippen molar-refractivity contribution in [3.8, 4) is 0 Å². The molecule has 4 nitrogen and oxygen atoms in total.